The van der Waals surface area contributed by atoms with Crippen LogP contribution in [-0.2, 0) is 9.53 Å². The van der Waals surface area contributed by atoms with Crippen molar-refractivity contribution in [2.24, 2.45) is 5.92 Å². The Morgan fingerprint density at radius 1 is 1.32 bits per heavy atom. The highest BCUT2D eigenvalue weighted by Gasteiger charge is 2.14. The van der Waals surface area contributed by atoms with Crippen LogP contribution in [0.15, 0.2) is 36.4 Å². The molecule has 2 rings (SSSR count). The lowest BCUT2D eigenvalue weighted by molar-refractivity contribution is -0.116. The zero-order valence-corrected chi connectivity index (χ0v) is 10.9. The molecule has 0 fully saturated rings. The lowest BCUT2D eigenvalue weighted by Gasteiger charge is -2.09. The average molecular weight is 259 g/mol. The Kier molecular flexibility index (Phi) is 4.34. The third-order valence-electron chi connectivity index (χ3n) is 3.15. The van der Waals surface area contributed by atoms with Gasteiger partial charge in [-0.15, -0.1) is 0 Å². The van der Waals surface area contributed by atoms with Gasteiger partial charge in [0.2, 0.25) is 5.91 Å². The number of amides is 1. The van der Waals surface area contributed by atoms with Gasteiger partial charge in [-0.2, -0.15) is 0 Å². The predicted molar refractivity (Wildman–Crippen MR) is 72.9 cm³/mol. The van der Waals surface area contributed by atoms with Crippen LogP contribution in [0.25, 0.3) is 0 Å². The zero-order valence-electron chi connectivity index (χ0n) is 10.9. The summed E-state index contributed by atoms with van der Waals surface area (Å²) in [5.41, 5.74) is 1.17. The first-order valence-corrected chi connectivity index (χ1v) is 6.34. The van der Waals surface area contributed by atoms with E-state index in [1.807, 2.05) is 0 Å². The summed E-state index contributed by atoms with van der Waals surface area (Å²) >= 11 is 0. The van der Waals surface area contributed by atoms with Gasteiger partial charge in [0.1, 0.15) is 0 Å². The summed E-state index contributed by atoms with van der Waals surface area (Å²) < 4.78 is 4.61. The van der Waals surface area contributed by atoms with Gasteiger partial charge in [0.15, 0.2) is 0 Å². The number of nitrogens with one attached hydrogen (secondary N) is 1. The molecule has 0 heterocycles. The Labute approximate surface area is 112 Å². The number of hydrogen-bond acceptors (Lipinski definition) is 3. The second-order valence-corrected chi connectivity index (χ2v) is 4.59. The Morgan fingerprint density at radius 3 is 2.63 bits per heavy atom. The van der Waals surface area contributed by atoms with Gasteiger partial charge in [-0.25, -0.2) is 4.79 Å². The molecule has 0 bridgehead atoms. The van der Waals surface area contributed by atoms with Gasteiger partial charge < -0.3 is 10.1 Å². The first-order valence-electron chi connectivity index (χ1n) is 6.34. The number of benzene rings is 1. The van der Waals surface area contributed by atoms with Gasteiger partial charge >= 0.3 is 5.97 Å². The van der Waals surface area contributed by atoms with E-state index < -0.39 is 0 Å². The minimum atomic E-state index is -0.381. The smallest absolute Gasteiger partial charge is 0.337 e. The molecule has 1 aromatic rings. The maximum absolute atomic E-state index is 11.8. The van der Waals surface area contributed by atoms with Crippen LogP contribution >= 0.6 is 0 Å². The number of allylic oxidation sites excluding steroid dienone is 2. The lowest BCUT2D eigenvalue weighted by atomic mass is 10.0. The summed E-state index contributed by atoms with van der Waals surface area (Å²) in [7, 11) is 1.34. The van der Waals surface area contributed by atoms with Crippen molar-refractivity contribution in [2.45, 2.75) is 19.3 Å². The average Bonchev–Trinajstić information content (AvgIpc) is 2.91. The highest BCUT2D eigenvalue weighted by molar-refractivity contribution is 5.93. The summed E-state index contributed by atoms with van der Waals surface area (Å²) in [6.45, 7) is 0. The van der Waals surface area contributed by atoms with E-state index in [-0.39, 0.29) is 11.9 Å². The molecule has 0 aromatic heterocycles. The molecule has 0 saturated heterocycles. The molecule has 4 nitrogen and oxygen atoms in total. The molecular formula is C15H17NO3. The van der Waals surface area contributed by atoms with Crippen LogP contribution in [0.5, 0.6) is 0 Å². The summed E-state index contributed by atoms with van der Waals surface area (Å²) in [6, 6.07) is 6.68. The standard InChI is InChI=1S/C15H17NO3/c1-19-15(18)12-6-8-13(9-7-12)16-14(17)10-11-4-2-3-5-11/h2,4,6-9,11H,3,5,10H2,1H3,(H,16,17). The van der Waals surface area contributed by atoms with Crippen LogP contribution in [-0.4, -0.2) is 19.0 Å². The third kappa shape index (κ3) is 3.68. The fraction of sp³-hybridized carbons (Fsp3) is 0.333. The van der Waals surface area contributed by atoms with Crippen molar-refractivity contribution in [1.82, 2.24) is 0 Å². The van der Waals surface area contributed by atoms with Gasteiger partial charge in [-0.3, -0.25) is 4.79 Å². The van der Waals surface area contributed by atoms with Crippen molar-refractivity contribution in [3.05, 3.63) is 42.0 Å². The second-order valence-electron chi connectivity index (χ2n) is 4.59. The fourth-order valence-electron chi connectivity index (χ4n) is 2.12. The molecule has 100 valence electrons. The summed E-state index contributed by atoms with van der Waals surface area (Å²) in [5, 5.41) is 2.83. The molecule has 4 heteroatoms. The molecular weight excluding hydrogens is 242 g/mol. The molecule has 1 amide bonds. The number of esters is 1. The van der Waals surface area contributed by atoms with Crippen molar-refractivity contribution in [1.29, 1.82) is 0 Å². The molecule has 1 aliphatic rings. The van der Waals surface area contributed by atoms with Crippen molar-refractivity contribution in [3.63, 3.8) is 0 Å². The predicted octanol–water partition coefficient (Wildman–Crippen LogP) is 2.77. The molecule has 19 heavy (non-hydrogen) atoms. The number of hydrogen-bond donors (Lipinski definition) is 1. The largest absolute Gasteiger partial charge is 0.465 e. The molecule has 1 N–H and O–H groups in total. The molecule has 1 atom stereocenters. The minimum absolute atomic E-state index is 0.00219. The molecule has 0 radical (unpaired) electrons. The highest BCUT2D eigenvalue weighted by Crippen LogP contribution is 2.21. The molecule has 1 aromatic carbocycles. The van der Waals surface area contributed by atoms with Crippen molar-refractivity contribution < 1.29 is 14.3 Å². The normalized spacial score (nSPS) is 17.2. The summed E-state index contributed by atoms with van der Waals surface area (Å²) in [6.07, 6.45) is 6.83. The SMILES string of the molecule is COC(=O)c1ccc(NC(=O)CC2C=CCC2)cc1. The first kappa shape index (κ1) is 13.3. The maximum atomic E-state index is 11.8. The lowest BCUT2D eigenvalue weighted by Crippen LogP contribution is -2.14. The quantitative estimate of drug-likeness (QED) is 0.668. The molecule has 1 unspecified atom stereocenters. The Morgan fingerprint density at radius 2 is 2.05 bits per heavy atom. The highest BCUT2D eigenvalue weighted by atomic mass is 16.5. The molecule has 0 saturated carbocycles. The monoisotopic (exact) mass is 259 g/mol. The van der Waals surface area contributed by atoms with Crippen LogP contribution in [0.2, 0.25) is 0 Å². The second kappa shape index (κ2) is 6.18. The molecule has 0 spiro atoms. The van der Waals surface area contributed by atoms with E-state index in [0.29, 0.717) is 23.6 Å². The van der Waals surface area contributed by atoms with E-state index in [9.17, 15) is 9.59 Å². The van der Waals surface area contributed by atoms with E-state index in [1.54, 1.807) is 24.3 Å². The van der Waals surface area contributed by atoms with Crippen molar-refractivity contribution in [2.75, 3.05) is 12.4 Å². The first-order chi connectivity index (χ1) is 9.19. The number of carbonyl (C=O) groups is 2. The van der Waals surface area contributed by atoms with Gasteiger partial charge in [-0.05, 0) is 43.0 Å². The summed E-state index contributed by atoms with van der Waals surface area (Å²) in [4.78, 5) is 23.1. The van der Waals surface area contributed by atoms with Crippen molar-refractivity contribution in [3.8, 4) is 0 Å². The maximum Gasteiger partial charge on any atom is 0.337 e. The molecule has 1 aliphatic carbocycles. The fourth-order valence-corrected chi connectivity index (χ4v) is 2.12. The Bertz CT molecular complexity index is 491. The van der Waals surface area contributed by atoms with E-state index in [1.165, 1.54) is 7.11 Å². The summed E-state index contributed by atoms with van der Waals surface area (Å²) in [5.74, 6) is -0.0225. The van der Waals surface area contributed by atoms with Crippen LogP contribution in [0.4, 0.5) is 5.69 Å². The van der Waals surface area contributed by atoms with Gasteiger partial charge in [0, 0.05) is 12.1 Å². The topological polar surface area (TPSA) is 55.4 Å². The van der Waals surface area contributed by atoms with Crippen LogP contribution in [0.3, 0.4) is 0 Å². The third-order valence-corrected chi connectivity index (χ3v) is 3.15. The van der Waals surface area contributed by atoms with E-state index in [4.69, 9.17) is 0 Å². The number of methoxy groups -OCH3 is 1. The van der Waals surface area contributed by atoms with Crippen LogP contribution in [0.1, 0.15) is 29.6 Å². The van der Waals surface area contributed by atoms with E-state index >= 15 is 0 Å². The number of rotatable bonds is 4. The number of ether oxygens (including phenoxy) is 1. The van der Waals surface area contributed by atoms with E-state index in [0.717, 1.165) is 12.8 Å². The van der Waals surface area contributed by atoms with Crippen LogP contribution in [0, 0.1) is 5.92 Å². The molecule has 0 aliphatic heterocycles. The van der Waals surface area contributed by atoms with Crippen molar-refractivity contribution >= 4 is 17.6 Å². The Hall–Kier alpha value is -2.10. The van der Waals surface area contributed by atoms with Gasteiger partial charge in [0.25, 0.3) is 0 Å². The zero-order chi connectivity index (χ0) is 13.7. The van der Waals surface area contributed by atoms with Gasteiger partial charge in [-0.1, -0.05) is 12.2 Å². The number of carbonyl (C=O) groups excluding carboxylic acids is 2. The van der Waals surface area contributed by atoms with E-state index in [2.05, 4.69) is 22.2 Å². The minimum Gasteiger partial charge on any atom is -0.465 e. The van der Waals surface area contributed by atoms with Gasteiger partial charge in [0.05, 0.1) is 12.7 Å². The number of anilines is 1. The Balaban J connectivity index is 1.90. The van der Waals surface area contributed by atoms with Crippen LogP contribution < -0.4 is 5.32 Å².